The van der Waals surface area contributed by atoms with Gasteiger partial charge in [-0.25, -0.2) is 4.68 Å². The molecule has 7 nitrogen and oxygen atoms in total. The van der Waals surface area contributed by atoms with Crippen molar-refractivity contribution >= 4 is 17.3 Å². The van der Waals surface area contributed by atoms with E-state index in [1.165, 1.54) is 4.68 Å². The molecule has 3 heterocycles. The molecule has 0 bridgehead atoms. The Bertz CT molecular complexity index is 849. The van der Waals surface area contributed by atoms with Gasteiger partial charge in [0.1, 0.15) is 5.02 Å². The van der Waals surface area contributed by atoms with Crippen LogP contribution in [0, 0.1) is 5.92 Å². The van der Waals surface area contributed by atoms with Crippen LogP contribution in [0.3, 0.4) is 0 Å². The van der Waals surface area contributed by atoms with E-state index in [4.69, 9.17) is 21.1 Å². The van der Waals surface area contributed by atoms with Gasteiger partial charge in [0.15, 0.2) is 0 Å². The van der Waals surface area contributed by atoms with Crippen molar-refractivity contribution in [2.75, 3.05) is 51.4 Å². The highest BCUT2D eigenvalue weighted by molar-refractivity contribution is 6.32. The summed E-state index contributed by atoms with van der Waals surface area (Å²) in [5.41, 5.74) is 1.30. The molecule has 2 aromatic rings. The number of hydrogen-bond donors (Lipinski definition) is 1. The van der Waals surface area contributed by atoms with Crippen molar-refractivity contribution in [3.63, 3.8) is 0 Å². The summed E-state index contributed by atoms with van der Waals surface area (Å²) >= 11 is 6.40. The minimum Gasteiger partial charge on any atom is -0.381 e. The minimum absolute atomic E-state index is 0.180. The second-order valence-corrected chi connectivity index (χ2v) is 7.92. The first-order chi connectivity index (χ1) is 14.2. The molecule has 0 spiro atoms. The zero-order valence-electron chi connectivity index (χ0n) is 16.4. The SMILES string of the molecule is O=c1c(Cl)c(NC[C@H]([C@H]2CCOC2)N2CCOCC2)cnn1Cc1ccccc1. The number of halogens is 1. The van der Waals surface area contributed by atoms with E-state index in [1.807, 2.05) is 30.3 Å². The van der Waals surface area contributed by atoms with Gasteiger partial charge in [-0.05, 0) is 12.0 Å². The summed E-state index contributed by atoms with van der Waals surface area (Å²) in [6.45, 7) is 6.00. The number of morpholine rings is 1. The van der Waals surface area contributed by atoms with Gasteiger partial charge in [0.25, 0.3) is 5.56 Å². The predicted octanol–water partition coefficient (Wildman–Crippen LogP) is 2.09. The summed E-state index contributed by atoms with van der Waals surface area (Å²) in [6.07, 6.45) is 2.70. The van der Waals surface area contributed by atoms with Crippen molar-refractivity contribution in [2.45, 2.75) is 19.0 Å². The molecule has 1 N–H and O–H groups in total. The largest absolute Gasteiger partial charge is 0.381 e. The first kappa shape index (κ1) is 20.3. The van der Waals surface area contributed by atoms with Gasteiger partial charge in [0.05, 0.1) is 38.2 Å². The minimum atomic E-state index is -0.285. The second-order valence-electron chi connectivity index (χ2n) is 7.54. The van der Waals surface area contributed by atoms with Gasteiger partial charge >= 0.3 is 0 Å². The molecule has 0 unspecified atom stereocenters. The molecular formula is C21H27ClN4O3. The van der Waals surface area contributed by atoms with Crippen molar-refractivity contribution < 1.29 is 9.47 Å². The first-order valence-corrected chi connectivity index (χ1v) is 10.5. The number of nitrogens with zero attached hydrogens (tertiary/aromatic N) is 3. The molecule has 0 saturated carbocycles. The molecule has 2 saturated heterocycles. The van der Waals surface area contributed by atoms with Crippen LogP contribution in [0.1, 0.15) is 12.0 Å². The van der Waals surface area contributed by atoms with Crippen LogP contribution in [0.4, 0.5) is 5.69 Å². The van der Waals surface area contributed by atoms with E-state index in [9.17, 15) is 4.79 Å². The van der Waals surface area contributed by atoms with Gasteiger partial charge in [0, 0.05) is 38.2 Å². The van der Waals surface area contributed by atoms with Crippen molar-refractivity contribution in [1.82, 2.24) is 14.7 Å². The lowest BCUT2D eigenvalue weighted by Crippen LogP contribution is -2.50. The smallest absolute Gasteiger partial charge is 0.287 e. The summed E-state index contributed by atoms with van der Waals surface area (Å²) < 4.78 is 12.5. The molecule has 2 atom stereocenters. The van der Waals surface area contributed by atoms with E-state index in [1.54, 1.807) is 6.20 Å². The molecule has 2 aliphatic heterocycles. The van der Waals surface area contributed by atoms with Crippen molar-refractivity contribution in [2.24, 2.45) is 5.92 Å². The third kappa shape index (κ3) is 4.98. The normalized spacial score (nSPS) is 21.2. The summed E-state index contributed by atoms with van der Waals surface area (Å²) in [5, 5.41) is 7.87. The first-order valence-electron chi connectivity index (χ1n) is 10.2. The fourth-order valence-corrected chi connectivity index (χ4v) is 4.24. The Morgan fingerprint density at radius 1 is 1.17 bits per heavy atom. The molecule has 0 aliphatic carbocycles. The lowest BCUT2D eigenvalue weighted by Gasteiger charge is -2.37. The standard InChI is InChI=1S/C21H27ClN4O3/c22-20-18(12-24-26(21(20)27)14-16-4-2-1-3-5-16)23-13-19(17-6-9-29-15-17)25-7-10-28-11-8-25/h1-5,12,17,19,23H,6-11,13-15H2/t17-,19+/m0/s1. The average Bonchev–Trinajstić information content (AvgIpc) is 3.29. The Hall–Kier alpha value is -1.93. The summed E-state index contributed by atoms with van der Waals surface area (Å²) in [6, 6.07) is 10.1. The number of hydrogen-bond acceptors (Lipinski definition) is 6. The maximum absolute atomic E-state index is 12.7. The Kier molecular flexibility index (Phi) is 6.82. The number of anilines is 1. The summed E-state index contributed by atoms with van der Waals surface area (Å²) in [5.74, 6) is 0.464. The van der Waals surface area contributed by atoms with E-state index in [-0.39, 0.29) is 10.6 Å². The van der Waals surface area contributed by atoms with Gasteiger partial charge in [-0.3, -0.25) is 9.69 Å². The van der Waals surface area contributed by atoms with Crippen molar-refractivity contribution in [1.29, 1.82) is 0 Å². The maximum atomic E-state index is 12.7. The van der Waals surface area contributed by atoms with Crippen LogP contribution in [0.2, 0.25) is 5.02 Å². The van der Waals surface area contributed by atoms with Crippen molar-refractivity contribution in [3.8, 4) is 0 Å². The average molecular weight is 419 g/mol. The fraction of sp³-hybridized carbons (Fsp3) is 0.524. The highest BCUT2D eigenvalue weighted by atomic mass is 35.5. The maximum Gasteiger partial charge on any atom is 0.287 e. The highest BCUT2D eigenvalue weighted by Gasteiger charge is 2.31. The summed E-state index contributed by atoms with van der Waals surface area (Å²) in [4.78, 5) is 15.1. The number of ether oxygens (including phenoxy) is 2. The van der Waals surface area contributed by atoms with Crippen LogP contribution >= 0.6 is 11.6 Å². The second kappa shape index (κ2) is 9.71. The monoisotopic (exact) mass is 418 g/mol. The Morgan fingerprint density at radius 3 is 2.69 bits per heavy atom. The number of nitrogens with one attached hydrogen (secondary N) is 1. The van der Waals surface area contributed by atoms with Gasteiger partial charge < -0.3 is 14.8 Å². The topological polar surface area (TPSA) is 68.6 Å². The molecule has 1 aromatic carbocycles. The van der Waals surface area contributed by atoms with Gasteiger partial charge in [-0.2, -0.15) is 5.10 Å². The van der Waals surface area contributed by atoms with Crippen LogP contribution < -0.4 is 10.9 Å². The number of benzene rings is 1. The Balaban J connectivity index is 1.46. The molecule has 0 amide bonds. The highest BCUT2D eigenvalue weighted by Crippen LogP contribution is 2.24. The van der Waals surface area contributed by atoms with Crippen LogP contribution in [0.5, 0.6) is 0 Å². The van der Waals surface area contributed by atoms with Gasteiger partial charge in [0.2, 0.25) is 0 Å². The molecule has 2 aliphatic rings. The van der Waals surface area contributed by atoms with Crippen LogP contribution in [-0.2, 0) is 16.0 Å². The van der Waals surface area contributed by atoms with E-state index >= 15 is 0 Å². The van der Waals surface area contributed by atoms with Crippen LogP contribution in [0.25, 0.3) is 0 Å². The van der Waals surface area contributed by atoms with E-state index in [0.29, 0.717) is 30.7 Å². The van der Waals surface area contributed by atoms with Crippen LogP contribution in [0.15, 0.2) is 41.3 Å². The molecule has 29 heavy (non-hydrogen) atoms. The van der Waals surface area contributed by atoms with E-state index in [0.717, 1.165) is 51.5 Å². The lowest BCUT2D eigenvalue weighted by atomic mass is 9.97. The Labute approximate surface area is 175 Å². The van der Waals surface area contributed by atoms with Crippen LogP contribution in [-0.4, -0.2) is 66.8 Å². The fourth-order valence-electron chi connectivity index (χ4n) is 4.03. The summed E-state index contributed by atoms with van der Waals surface area (Å²) in [7, 11) is 0. The molecule has 2 fully saturated rings. The molecule has 0 radical (unpaired) electrons. The molecule has 156 valence electrons. The zero-order chi connectivity index (χ0) is 20.1. The lowest BCUT2D eigenvalue weighted by molar-refractivity contribution is 0.00461. The van der Waals surface area contributed by atoms with Gasteiger partial charge in [-0.1, -0.05) is 41.9 Å². The molecule has 8 heteroatoms. The van der Waals surface area contributed by atoms with E-state index in [2.05, 4.69) is 15.3 Å². The molecule has 4 rings (SSSR count). The molecular weight excluding hydrogens is 392 g/mol. The molecule has 1 aromatic heterocycles. The Morgan fingerprint density at radius 2 is 1.97 bits per heavy atom. The predicted molar refractivity (Wildman–Crippen MR) is 113 cm³/mol. The number of rotatable bonds is 7. The van der Waals surface area contributed by atoms with Crippen molar-refractivity contribution in [3.05, 3.63) is 57.5 Å². The third-order valence-electron chi connectivity index (χ3n) is 5.69. The quantitative estimate of drug-likeness (QED) is 0.742. The number of aromatic nitrogens is 2. The third-order valence-corrected chi connectivity index (χ3v) is 6.05. The zero-order valence-corrected chi connectivity index (χ0v) is 17.2. The van der Waals surface area contributed by atoms with E-state index < -0.39 is 0 Å². The van der Waals surface area contributed by atoms with Gasteiger partial charge in [-0.15, -0.1) is 0 Å².